The molecule has 0 spiro atoms. The summed E-state index contributed by atoms with van der Waals surface area (Å²) in [7, 11) is -9.87. The van der Waals surface area contributed by atoms with E-state index in [0.29, 0.717) is 25.7 Å². The second-order valence-electron chi connectivity index (χ2n) is 23.4. The van der Waals surface area contributed by atoms with Gasteiger partial charge in [-0.1, -0.05) is 253 Å². The van der Waals surface area contributed by atoms with Crippen LogP contribution >= 0.6 is 15.6 Å². The average molecular weight is 1200 g/mol. The van der Waals surface area contributed by atoms with Gasteiger partial charge in [-0.2, -0.15) is 0 Å². The molecule has 0 saturated carbocycles. The number of hydrogen-bond acceptors (Lipinski definition) is 15. The fourth-order valence-corrected chi connectivity index (χ4v) is 10.8. The van der Waals surface area contributed by atoms with Crippen LogP contribution in [0.25, 0.3) is 0 Å². The summed E-state index contributed by atoms with van der Waals surface area (Å²) in [6.45, 7) is 9.37. The summed E-state index contributed by atoms with van der Waals surface area (Å²) in [5.41, 5.74) is 0. The van der Waals surface area contributed by atoms with Gasteiger partial charge in [-0.25, -0.2) is 9.13 Å². The molecular weight excluding hydrogens is 1080 g/mol. The third-order valence-corrected chi connectivity index (χ3v) is 16.1. The van der Waals surface area contributed by atoms with Crippen LogP contribution in [-0.2, 0) is 65.4 Å². The molecule has 0 saturated heterocycles. The summed E-state index contributed by atoms with van der Waals surface area (Å²) < 4.78 is 67.7. The van der Waals surface area contributed by atoms with Crippen molar-refractivity contribution in [1.29, 1.82) is 0 Å². The van der Waals surface area contributed by atoms with E-state index in [0.717, 1.165) is 115 Å². The van der Waals surface area contributed by atoms with Crippen molar-refractivity contribution in [2.75, 3.05) is 39.6 Å². The number of phosphoric ester groups is 2. The molecule has 17 nitrogen and oxygen atoms in total. The minimum atomic E-state index is -4.94. The van der Waals surface area contributed by atoms with Crippen molar-refractivity contribution in [3.63, 3.8) is 0 Å². The van der Waals surface area contributed by atoms with Gasteiger partial charge in [0.15, 0.2) is 12.2 Å². The van der Waals surface area contributed by atoms with Crippen LogP contribution in [-0.4, -0.2) is 96.7 Å². The quantitative estimate of drug-likeness (QED) is 0.0222. The highest BCUT2D eigenvalue weighted by Gasteiger charge is 2.30. The smallest absolute Gasteiger partial charge is 0.462 e. The van der Waals surface area contributed by atoms with Crippen molar-refractivity contribution in [3.05, 3.63) is 0 Å². The zero-order valence-corrected chi connectivity index (χ0v) is 53.9. The van der Waals surface area contributed by atoms with Crippen LogP contribution in [0.3, 0.4) is 0 Å². The van der Waals surface area contributed by atoms with E-state index in [1.807, 2.05) is 0 Å². The number of carbonyl (C=O) groups excluding carboxylic acids is 4. The Hall–Kier alpha value is -1.94. The first-order valence-electron chi connectivity index (χ1n) is 32.5. The van der Waals surface area contributed by atoms with E-state index in [4.69, 9.17) is 37.0 Å². The van der Waals surface area contributed by atoms with Crippen LogP contribution in [0, 0.1) is 11.8 Å². The van der Waals surface area contributed by atoms with Crippen molar-refractivity contribution in [3.8, 4) is 0 Å². The normalized spacial score (nSPS) is 14.4. The number of phosphoric acid groups is 2. The maximum atomic E-state index is 13.0. The Morgan fingerprint density at radius 3 is 0.840 bits per heavy atom. The van der Waals surface area contributed by atoms with E-state index >= 15 is 0 Å². The molecule has 3 N–H and O–H groups in total. The Bertz CT molecular complexity index is 1600. The number of unbranched alkanes of at least 4 members (excludes halogenated alkanes) is 31. The van der Waals surface area contributed by atoms with Gasteiger partial charge in [-0.05, 0) is 37.5 Å². The van der Waals surface area contributed by atoms with Crippen LogP contribution in [0.2, 0.25) is 0 Å². The highest BCUT2D eigenvalue weighted by Crippen LogP contribution is 2.45. The molecule has 0 aliphatic carbocycles. The molecule has 0 aliphatic rings. The SMILES string of the molecule is CCCCCCCCCCC(=O)O[C@H](COC(=O)CCCCCCC)COP(=O)(O)OC[C@H](O)COP(=O)(O)OC[C@@H](COC(=O)CCCCCCCCCCCCCC(C)C)OC(=O)CCCCCCCCCCCCCC(C)C. The molecule has 2 unspecified atom stereocenters. The fourth-order valence-electron chi connectivity index (χ4n) is 9.18. The van der Waals surface area contributed by atoms with Crippen LogP contribution < -0.4 is 0 Å². The Morgan fingerprint density at radius 2 is 0.568 bits per heavy atom. The Labute approximate surface area is 492 Å². The van der Waals surface area contributed by atoms with Crippen LogP contribution in [0.15, 0.2) is 0 Å². The lowest BCUT2D eigenvalue weighted by molar-refractivity contribution is -0.161. The number of rotatable bonds is 61. The first-order valence-corrected chi connectivity index (χ1v) is 35.5. The van der Waals surface area contributed by atoms with Gasteiger partial charge in [-0.15, -0.1) is 0 Å². The number of aliphatic hydroxyl groups excluding tert-OH is 1. The van der Waals surface area contributed by atoms with E-state index in [9.17, 15) is 43.2 Å². The predicted octanol–water partition coefficient (Wildman–Crippen LogP) is 16.9. The molecule has 5 atom stereocenters. The van der Waals surface area contributed by atoms with Gasteiger partial charge < -0.3 is 33.8 Å². The summed E-state index contributed by atoms with van der Waals surface area (Å²) in [4.78, 5) is 71.8. The van der Waals surface area contributed by atoms with Gasteiger partial charge in [0.2, 0.25) is 0 Å². The zero-order chi connectivity index (χ0) is 60.1. The lowest BCUT2D eigenvalue weighted by Gasteiger charge is -2.21. The molecule has 0 aromatic carbocycles. The maximum Gasteiger partial charge on any atom is 0.472 e. The molecule has 0 bridgehead atoms. The van der Waals surface area contributed by atoms with E-state index < -0.39 is 97.5 Å². The molecule has 0 fully saturated rings. The topological polar surface area (TPSA) is 237 Å². The van der Waals surface area contributed by atoms with Gasteiger partial charge in [0.25, 0.3) is 0 Å². The van der Waals surface area contributed by atoms with E-state index in [1.165, 1.54) is 109 Å². The van der Waals surface area contributed by atoms with Crippen molar-refractivity contribution >= 4 is 39.5 Å². The molecule has 81 heavy (non-hydrogen) atoms. The molecule has 0 rings (SSSR count). The summed E-state index contributed by atoms with van der Waals surface area (Å²) in [6.07, 6.45) is 36.6. The third kappa shape index (κ3) is 56.9. The van der Waals surface area contributed by atoms with Crippen molar-refractivity contribution in [2.24, 2.45) is 11.8 Å². The molecule has 19 heteroatoms. The first-order chi connectivity index (χ1) is 38.9. The standard InChI is InChI=1S/C62H120O17P2/c1-7-9-11-13-14-27-34-40-46-61(66)78-57(50-72-59(64)44-38-30-12-10-8-2)52-76-80(68,69)74-48-56(63)49-75-81(70,71)77-53-58(79-62(67)47-41-35-29-24-20-16-18-22-26-32-37-43-55(5)6)51-73-60(65)45-39-33-28-23-19-15-17-21-25-31-36-42-54(3)4/h54-58,63H,7-53H2,1-6H3,(H,68,69)(H,70,71)/t56-,57+,58+/m0/s1. The Kier molecular flexibility index (Phi) is 53.4. The van der Waals surface area contributed by atoms with Gasteiger partial charge in [0.05, 0.1) is 26.4 Å². The minimum Gasteiger partial charge on any atom is -0.462 e. The number of hydrogen-bond donors (Lipinski definition) is 3. The van der Waals surface area contributed by atoms with Gasteiger partial charge in [-0.3, -0.25) is 37.3 Å². The number of carbonyl (C=O) groups is 4. The second kappa shape index (κ2) is 54.7. The average Bonchev–Trinajstić information content (AvgIpc) is 3.42. The van der Waals surface area contributed by atoms with Crippen molar-refractivity contribution in [1.82, 2.24) is 0 Å². The van der Waals surface area contributed by atoms with Crippen LogP contribution in [0.1, 0.15) is 305 Å². The maximum absolute atomic E-state index is 13.0. The Balaban J connectivity index is 5.17. The molecule has 480 valence electrons. The van der Waals surface area contributed by atoms with Crippen LogP contribution in [0.4, 0.5) is 0 Å². The molecular formula is C62H120O17P2. The molecule has 0 aromatic rings. The molecule has 0 aliphatic heterocycles. The molecule has 0 amide bonds. The highest BCUT2D eigenvalue weighted by molar-refractivity contribution is 7.47. The summed E-state index contributed by atoms with van der Waals surface area (Å²) >= 11 is 0. The largest absolute Gasteiger partial charge is 0.472 e. The monoisotopic (exact) mass is 1200 g/mol. The van der Waals surface area contributed by atoms with Gasteiger partial charge in [0.1, 0.15) is 19.3 Å². The predicted molar refractivity (Wildman–Crippen MR) is 321 cm³/mol. The lowest BCUT2D eigenvalue weighted by atomic mass is 10.0. The zero-order valence-electron chi connectivity index (χ0n) is 52.1. The number of aliphatic hydroxyl groups is 1. The summed E-state index contributed by atoms with van der Waals surface area (Å²) in [5, 5.41) is 10.5. The Morgan fingerprint density at radius 1 is 0.333 bits per heavy atom. The summed E-state index contributed by atoms with van der Waals surface area (Å²) in [6, 6.07) is 0. The van der Waals surface area contributed by atoms with Gasteiger partial charge in [0, 0.05) is 25.7 Å². The van der Waals surface area contributed by atoms with E-state index in [2.05, 4.69) is 41.5 Å². The minimum absolute atomic E-state index is 0.104. The highest BCUT2D eigenvalue weighted by atomic mass is 31.2. The molecule has 0 heterocycles. The van der Waals surface area contributed by atoms with E-state index in [1.54, 1.807) is 0 Å². The molecule has 0 aromatic heterocycles. The van der Waals surface area contributed by atoms with Crippen molar-refractivity contribution in [2.45, 2.75) is 323 Å². The summed E-state index contributed by atoms with van der Waals surface area (Å²) in [5.74, 6) is -0.613. The fraction of sp³-hybridized carbons (Fsp3) is 0.935. The number of ether oxygens (including phenoxy) is 4. The van der Waals surface area contributed by atoms with Gasteiger partial charge >= 0.3 is 39.5 Å². The molecule has 0 radical (unpaired) electrons. The van der Waals surface area contributed by atoms with E-state index in [-0.39, 0.29) is 25.7 Å². The van der Waals surface area contributed by atoms with Crippen molar-refractivity contribution < 1.29 is 80.2 Å². The second-order valence-corrected chi connectivity index (χ2v) is 26.3. The lowest BCUT2D eigenvalue weighted by Crippen LogP contribution is -2.30. The third-order valence-electron chi connectivity index (χ3n) is 14.2. The van der Waals surface area contributed by atoms with Crippen LogP contribution in [0.5, 0.6) is 0 Å². The first kappa shape index (κ1) is 79.1. The number of esters is 4.